The lowest BCUT2D eigenvalue weighted by Crippen LogP contribution is -2.39. The van der Waals surface area contributed by atoms with Gasteiger partial charge in [-0.1, -0.05) is 0 Å². The van der Waals surface area contributed by atoms with E-state index in [1.54, 1.807) is 12.4 Å². The Morgan fingerprint density at radius 1 is 1.41 bits per heavy atom. The molecule has 3 heterocycles. The van der Waals surface area contributed by atoms with Crippen molar-refractivity contribution >= 4 is 6.03 Å². The van der Waals surface area contributed by atoms with Gasteiger partial charge in [0.1, 0.15) is 0 Å². The molecule has 0 aliphatic carbocycles. The Balaban J connectivity index is 1.69. The van der Waals surface area contributed by atoms with Gasteiger partial charge in [0.05, 0.1) is 11.7 Å². The molecular weight excluding hydrogens is 278 g/mol. The number of urea groups is 1. The maximum absolute atomic E-state index is 12.5. The van der Waals surface area contributed by atoms with E-state index < -0.39 is 0 Å². The Morgan fingerprint density at radius 2 is 2.18 bits per heavy atom. The summed E-state index contributed by atoms with van der Waals surface area (Å²) in [7, 11) is 0. The highest BCUT2D eigenvalue weighted by molar-refractivity contribution is 5.75. The van der Waals surface area contributed by atoms with E-state index in [1.807, 2.05) is 30.9 Å². The van der Waals surface area contributed by atoms with E-state index in [1.165, 1.54) is 0 Å². The van der Waals surface area contributed by atoms with Gasteiger partial charge in [0.15, 0.2) is 0 Å². The average Bonchev–Trinajstić information content (AvgIpc) is 3.12. The fourth-order valence-corrected chi connectivity index (χ4v) is 3.14. The van der Waals surface area contributed by atoms with E-state index in [0.29, 0.717) is 6.54 Å². The number of aromatic nitrogens is 3. The summed E-state index contributed by atoms with van der Waals surface area (Å²) >= 11 is 0. The molecule has 0 spiro atoms. The summed E-state index contributed by atoms with van der Waals surface area (Å²) in [4.78, 5) is 18.4. The Bertz CT molecular complexity index is 632. The third kappa shape index (κ3) is 2.81. The van der Waals surface area contributed by atoms with Gasteiger partial charge in [-0.15, -0.1) is 0 Å². The van der Waals surface area contributed by atoms with Crippen LogP contribution in [0.1, 0.15) is 41.4 Å². The van der Waals surface area contributed by atoms with E-state index in [-0.39, 0.29) is 12.1 Å². The van der Waals surface area contributed by atoms with E-state index >= 15 is 0 Å². The molecule has 22 heavy (non-hydrogen) atoms. The highest BCUT2D eigenvalue weighted by atomic mass is 16.2. The summed E-state index contributed by atoms with van der Waals surface area (Å²) in [6.07, 6.45) is 5.48. The Labute approximate surface area is 129 Å². The average molecular weight is 299 g/mol. The highest BCUT2D eigenvalue weighted by Crippen LogP contribution is 2.34. The van der Waals surface area contributed by atoms with Crippen molar-refractivity contribution in [2.45, 2.75) is 39.3 Å². The van der Waals surface area contributed by atoms with Crippen LogP contribution in [0.15, 0.2) is 24.5 Å². The molecule has 1 fully saturated rings. The summed E-state index contributed by atoms with van der Waals surface area (Å²) in [5.74, 6) is 0. The van der Waals surface area contributed by atoms with Crippen molar-refractivity contribution in [3.05, 3.63) is 47.0 Å². The van der Waals surface area contributed by atoms with E-state index in [9.17, 15) is 4.79 Å². The standard InChI is InChI=1S/C16H21N5O/c1-11-15(12(2)20-19-11)14-4-3-9-21(14)16(22)18-10-13-5-7-17-8-6-13/h5-8,14H,3-4,9-10H2,1-2H3,(H,18,22)(H,19,20)/t14-/m0/s1. The first-order valence-corrected chi connectivity index (χ1v) is 7.61. The normalized spacial score (nSPS) is 17.7. The van der Waals surface area contributed by atoms with Crippen molar-refractivity contribution in [3.63, 3.8) is 0 Å². The van der Waals surface area contributed by atoms with Crippen LogP contribution in [0.3, 0.4) is 0 Å². The largest absolute Gasteiger partial charge is 0.334 e. The van der Waals surface area contributed by atoms with Gasteiger partial charge in [0, 0.05) is 36.7 Å². The molecule has 3 rings (SSSR count). The number of nitrogens with one attached hydrogen (secondary N) is 2. The number of nitrogens with zero attached hydrogens (tertiary/aromatic N) is 3. The smallest absolute Gasteiger partial charge is 0.318 e. The molecule has 2 aromatic heterocycles. The molecule has 0 radical (unpaired) electrons. The van der Waals surface area contributed by atoms with E-state index in [0.717, 1.165) is 41.9 Å². The summed E-state index contributed by atoms with van der Waals surface area (Å²) < 4.78 is 0. The molecule has 0 bridgehead atoms. The van der Waals surface area contributed by atoms with Crippen LogP contribution in [0.4, 0.5) is 4.79 Å². The van der Waals surface area contributed by atoms with Crippen LogP contribution in [0, 0.1) is 13.8 Å². The van der Waals surface area contributed by atoms with E-state index in [2.05, 4.69) is 20.5 Å². The lowest BCUT2D eigenvalue weighted by atomic mass is 10.0. The van der Waals surface area contributed by atoms with Gasteiger partial charge in [0.25, 0.3) is 0 Å². The second-order valence-corrected chi connectivity index (χ2v) is 5.71. The first-order valence-electron chi connectivity index (χ1n) is 7.61. The minimum Gasteiger partial charge on any atom is -0.334 e. The molecule has 0 aromatic carbocycles. The summed E-state index contributed by atoms with van der Waals surface area (Å²) in [5, 5.41) is 10.3. The van der Waals surface area contributed by atoms with Gasteiger partial charge in [-0.2, -0.15) is 5.10 Å². The topological polar surface area (TPSA) is 73.9 Å². The summed E-state index contributed by atoms with van der Waals surface area (Å²) in [5.41, 5.74) is 4.25. The van der Waals surface area contributed by atoms with Crippen LogP contribution in [0.2, 0.25) is 0 Å². The number of rotatable bonds is 3. The molecule has 2 N–H and O–H groups in total. The summed E-state index contributed by atoms with van der Waals surface area (Å²) in [6, 6.07) is 3.92. The highest BCUT2D eigenvalue weighted by Gasteiger charge is 2.32. The van der Waals surface area contributed by atoms with Gasteiger partial charge in [-0.3, -0.25) is 10.1 Å². The molecule has 1 atom stereocenters. The quantitative estimate of drug-likeness (QED) is 0.914. The minimum absolute atomic E-state index is 0.0145. The maximum atomic E-state index is 12.5. The van der Waals surface area contributed by atoms with Crippen LogP contribution in [-0.4, -0.2) is 32.7 Å². The fourth-order valence-electron chi connectivity index (χ4n) is 3.14. The lowest BCUT2D eigenvalue weighted by molar-refractivity contribution is 0.192. The maximum Gasteiger partial charge on any atom is 0.318 e. The minimum atomic E-state index is -0.0145. The molecule has 2 amide bonds. The predicted molar refractivity (Wildman–Crippen MR) is 83.2 cm³/mol. The second kappa shape index (κ2) is 6.17. The third-order valence-corrected chi connectivity index (χ3v) is 4.23. The van der Waals surface area contributed by atoms with Crippen molar-refractivity contribution in [2.75, 3.05) is 6.54 Å². The molecule has 2 aromatic rings. The number of hydrogen-bond donors (Lipinski definition) is 2. The second-order valence-electron chi connectivity index (χ2n) is 5.71. The fraction of sp³-hybridized carbons (Fsp3) is 0.438. The van der Waals surface area contributed by atoms with Crippen molar-refractivity contribution in [3.8, 4) is 0 Å². The van der Waals surface area contributed by atoms with E-state index in [4.69, 9.17) is 0 Å². The lowest BCUT2D eigenvalue weighted by Gasteiger charge is -2.25. The Hall–Kier alpha value is -2.37. The number of H-pyrrole nitrogens is 1. The molecule has 6 heteroatoms. The van der Waals surface area contributed by atoms with Crippen LogP contribution in [0.5, 0.6) is 0 Å². The van der Waals surface area contributed by atoms with Crippen LogP contribution in [0.25, 0.3) is 0 Å². The molecule has 116 valence electrons. The molecule has 1 saturated heterocycles. The van der Waals surface area contributed by atoms with Gasteiger partial charge in [-0.05, 0) is 44.4 Å². The number of pyridine rings is 1. The molecule has 0 unspecified atom stereocenters. The molecular formula is C16H21N5O. The van der Waals surface area contributed by atoms with Gasteiger partial charge in [-0.25, -0.2) is 4.79 Å². The number of hydrogen-bond acceptors (Lipinski definition) is 3. The number of amides is 2. The number of carbonyl (C=O) groups is 1. The zero-order valence-corrected chi connectivity index (χ0v) is 13.0. The predicted octanol–water partition coefficient (Wildman–Crippen LogP) is 2.47. The molecule has 1 aliphatic rings. The van der Waals surface area contributed by atoms with Gasteiger partial charge >= 0.3 is 6.03 Å². The number of aryl methyl sites for hydroxylation is 2. The Kier molecular flexibility index (Phi) is 4.09. The van der Waals surface area contributed by atoms with Crippen molar-refractivity contribution in [1.29, 1.82) is 0 Å². The monoisotopic (exact) mass is 299 g/mol. The summed E-state index contributed by atoms with van der Waals surface area (Å²) in [6.45, 7) is 5.32. The van der Waals surface area contributed by atoms with Crippen LogP contribution < -0.4 is 5.32 Å². The molecule has 0 saturated carbocycles. The zero-order valence-electron chi connectivity index (χ0n) is 13.0. The zero-order chi connectivity index (χ0) is 15.5. The Morgan fingerprint density at radius 3 is 2.86 bits per heavy atom. The number of carbonyl (C=O) groups excluding carboxylic acids is 1. The first kappa shape index (κ1) is 14.6. The van der Waals surface area contributed by atoms with Gasteiger partial charge < -0.3 is 10.2 Å². The SMILES string of the molecule is Cc1n[nH]c(C)c1[C@@H]1CCCN1C(=O)NCc1ccncc1. The van der Waals surface area contributed by atoms with Crippen LogP contribution in [-0.2, 0) is 6.54 Å². The molecule has 6 nitrogen and oxygen atoms in total. The first-order chi connectivity index (χ1) is 10.7. The number of aromatic amines is 1. The van der Waals surface area contributed by atoms with Crippen molar-refractivity contribution in [2.24, 2.45) is 0 Å². The van der Waals surface area contributed by atoms with Crippen LogP contribution >= 0.6 is 0 Å². The van der Waals surface area contributed by atoms with Gasteiger partial charge in [0.2, 0.25) is 0 Å². The molecule has 1 aliphatic heterocycles. The van der Waals surface area contributed by atoms with Crippen molar-refractivity contribution < 1.29 is 4.79 Å². The number of likely N-dealkylation sites (tertiary alicyclic amines) is 1. The third-order valence-electron chi connectivity index (χ3n) is 4.23. The van der Waals surface area contributed by atoms with Crippen molar-refractivity contribution in [1.82, 2.24) is 25.4 Å².